The fraction of sp³-hybridized carbons (Fsp3) is 0.0667. The van der Waals surface area contributed by atoms with Crippen LogP contribution in [0, 0.1) is 0 Å². The number of halogens is 2. The predicted octanol–water partition coefficient (Wildman–Crippen LogP) is 3.77. The molecule has 0 aliphatic rings. The van der Waals surface area contributed by atoms with E-state index < -0.39 is 0 Å². The number of hydrazone groups is 1. The number of methoxy groups -OCH3 is 1. The average molecular weight is 323 g/mol. The molecule has 0 spiro atoms. The van der Waals surface area contributed by atoms with Gasteiger partial charge in [0, 0.05) is 10.6 Å². The van der Waals surface area contributed by atoms with E-state index in [9.17, 15) is 4.79 Å². The van der Waals surface area contributed by atoms with E-state index >= 15 is 0 Å². The zero-order valence-electron chi connectivity index (χ0n) is 11.1. The molecule has 0 fully saturated rings. The van der Waals surface area contributed by atoms with Crippen molar-refractivity contribution in [3.63, 3.8) is 0 Å². The van der Waals surface area contributed by atoms with Crippen LogP contribution in [0.4, 0.5) is 0 Å². The Morgan fingerprint density at radius 3 is 2.71 bits per heavy atom. The van der Waals surface area contributed by atoms with E-state index in [2.05, 4.69) is 10.5 Å². The van der Waals surface area contributed by atoms with Crippen LogP contribution in [0.25, 0.3) is 0 Å². The molecule has 0 unspecified atom stereocenters. The minimum atomic E-state index is -0.367. The lowest BCUT2D eigenvalue weighted by atomic mass is 10.2. The van der Waals surface area contributed by atoms with E-state index in [1.807, 2.05) is 0 Å². The van der Waals surface area contributed by atoms with Gasteiger partial charge in [0.25, 0.3) is 5.91 Å². The highest BCUT2D eigenvalue weighted by Gasteiger charge is 2.10. The summed E-state index contributed by atoms with van der Waals surface area (Å²) in [6.07, 6.45) is 1.45. The zero-order chi connectivity index (χ0) is 15.2. The quantitative estimate of drug-likeness (QED) is 0.688. The van der Waals surface area contributed by atoms with Gasteiger partial charge in [-0.3, -0.25) is 4.79 Å². The summed E-state index contributed by atoms with van der Waals surface area (Å²) >= 11 is 11.8. The summed E-state index contributed by atoms with van der Waals surface area (Å²) in [5.74, 6) is 0.114. The van der Waals surface area contributed by atoms with Crippen LogP contribution in [0.3, 0.4) is 0 Å². The summed E-state index contributed by atoms with van der Waals surface area (Å²) in [5.41, 5.74) is 3.48. The molecule has 0 aliphatic heterocycles. The minimum absolute atomic E-state index is 0.367. The fourth-order valence-corrected chi connectivity index (χ4v) is 2.12. The number of hydrogen-bond acceptors (Lipinski definition) is 3. The Bertz CT molecular complexity index is 687. The summed E-state index contributed by atoms with van der Waals surface area (Å²) in [4.78, 5) is 12.0. The second-order valence-corrected chi connectivity index (χ2v) is 4.91. The molecule has 2 aromatic carbocycles. The molecule has 21 heavy (non-hydrogen) atoms. The van der Waals surface area contributed by atoms with Crippen molar-refractivity contribution in [2.75, 3.05) is 7.11 Å². The van der Waals surface area contributed by atoms with E-state index in [0.29, 0.717) is 26.9 Å². The molecule has 0 heterocycles. The van der Waals surface area contributed by atoms with Gasteiger partial charge in [0.2, 0.25) is 0 Å². The number of benzene rings is 2. The first-order valence-electron chi connectivity index (χ1n) is 6.03. The van der Waals surface area contributed by atoms with Crippen LogP contribution < -0.4 is 10.2 Å². The maximum Gasteiger partial charge on any atom is 0.275 e. The molecule has 2 rings (SSSR count). The van der Waals surface area contributed by atoms with Gasteiger partial charge < -0.3 is 4.74 Å². The first kappa shape index (κ1) is 15.4. The van der Waals surface area contributed by atoms with Gasteiger partial charge in [-0.05, 0) is 24.3 Å². The molecular formula is C15H12Cl2N2O2. The van der Waals surface area contributed by atoms with Crippen LogP contribution in [0.15, 0.2) is 47.6 Å². The Labute approximate surface area is 132 Å². The van der Waals surface area contributed by atoms with Crippen molar-refractivity contribution in [1.82, 2.24) is 5.43 Å². The Morgan fingerprint density at radius 2 is 2.00 bits per heavy atom. The first-order valence-corrected chi connectivity index (χ1v) is 6.79. The number of nitrogens with one attached hydrogen (secondary N) is 1. The summed E-state index contributed by atoms with van der Waals surface area (Å²) in [5, 5.41) is 4.87. The molecule has 0 atom stereocenters. The monoisotopic (exact) mass is 322 g/mol. The molecule has 0 aromatic heterocycles. The largest absolute Gasteiger partial charge is 0.496 e. The average Bonchev–Trinajstić information content (AvgIpc) is 2.49. The Balaban J connectivity index is 2.08. The predicted molar refractivity (Wildman–Crippen MR) is 84.5 cm³/mol. The lowest BCUT2D eigenvalue weighted by Crippen LogP contribution is -2.18. The molecule has 0 aliphatic carbocycles. The van der Waals surface area contributed by atoms with Gasteiger partial charge in [-0.1, -0.05) is 41.4 Å². The molecular weight excluding hydrogens is 311 g/mol. The minimum Gasteiger partial charge on any atom is -0.496 e. The standard InChI is InChI=1S/C15H12Cl2N2O2/c1-21-14-5-3-2-4-12(14)15(20)19-18-9-10-6-7-11(16)8-13(10)17/h2-9H,1H3,(H,19,20)/b18-9+. The van der Waals surface area contributed by atoms with Crippen LogP contribution in [0.2, 0.25) is 10.0 Å². The molecule has 0 saturated carbocycles. The van der Waals surface area contributed by atoms with Crippen LogP contribution in [-0.4, -0.2) is 19.2 Å². The van der Waals surface area contributed by atoms with Crippen molar-refractivity contribution in [3.8, 4) is 5.75 Å². The number of nitrogens with zero attached hydrogens (tertiary/aromatic N) is 1. The van der Waals surface area contributed by atoms with Crippen molar-refractivity contribution >= 4 is 35.3 Å². The maximum absolute atomic E-state index is 12.0. The first-order chi connectivity index (χ1) is 10.1. The van der Waals surface area contributed by atoms with E-state index in [-0.39, 0.29) is 5.91 Å². The van der Waals surface area contributed by atoms with Gasteiger partial charge in [-0.15, -0.1) is 0 Å². The lowest BCUT2D eigenvalue weighted by molar-refractivity contribution is 0.0952. The number of hydrogen-bond donors (Lipinski definition) is 1. The van der Waals surface area contributed by atoms with E-state index in [0.717, 1.165) is 0 Å². The molecule has 1 amide bonds. The number of amides is 1. The molecule has 0 saturated heterocycles. The number of carbonyl (C=O) groups excluding carboxylic acids is 1. The van der Waals surface area contributed by atoms with Gasteiger partial charge in [0.05, 0.1) is 23.9 Å². The Kier molecular flexibility index (Phi) is 5.20. The van der Waals surface area contributed by atoms with Crippen molar-refractivity contribution in [3.05, 3.63) is 63.6 Å². The molecule has 4 nitrogen and oxygen atoms in total. The third-order valence-electron chi connectivity index (χ3n) is 2.68. The van der Waals surface area contributed by atoms with Crippen molar-refractivity contribution in [1.29, 1.82) is 0 Å². The van der Waals surface area contributed by atoms with Crippen molar-refractivity contribution in [2.45, 2.75) is 0 Å². The van der Waals surface area contributed by atoms with Crippen LogP contribution in [0.5, 0.6) is 5.75 Å². The highest BCUT2D eigenvalue weighted by Crippen LogP contribution is 2.19. The second-order valence-electron chi connectivity index (χ2n) is 4.07. The SMILES string of the molecule is COc1ccccc1C(=O)N/N=C/c1ccc(Cl)cc1Cl. The molecule has 0 radical (unpaired) electrons. The molecule has 108 valence electrons. The smallest absolute Gasteiger partial charge is 0.275 e. The Morgan fingerprint density at radius 1 is 1.24 bits per heavy atom. The maximum atomic E-state index is 12.0. The van der Waals surface area contributed by atoms with Gasteiger partial charge in [0.15, 0.2) is 0 Å². The van der Waals surface area contributed by atoms with E-state index in [1.54, 1.807) is 42.5 Å². The van der Waals surface area contributed by atoms with Crippen molar-refractivity contribution in [2.24, 2.45) is 5.10 Å². The van der Waals surface area contributed by atoms with Crippen LogP contribution in [-0.2, 0) is 0 Å². The lowest BCUT2D eigenvalue weighted by Gasteiger charge is -2.06. The zero-order valence-corrected chi connectivity index (χ0v) is 12.7. The van der Waals surface area contributed by atoms with E-state index in [1.165, 1.54) is 13.3 Å². The summed E-state index contributed by atoms with van der Waals surface area (Å²) in [6.45, 7) is 0. The summed E-state index contributed by atoms with van der Waals surface area (Å²) < 4.78 is 5.11. The Hall–Kier alpha value is -2.04. The second kappa shape index (κ2) is 7.11. The van der Waals surface area contributed by atoms with Crippen LogP contribution in [0.1, 0.15) is 15.9 Å². The summed E-state index contributed by atoms with van der Waals surface area (Å²) in [6, 6.07) is 11.9. The highest BCUT2D eigenvalue weighted by molar-refractivity contribution is 6.36. The summed E-state index contributed by atoms with van der Waals surface area (Å²) in [7, 11) is 1.50. The molecule has 0 bridgehead atoms. The third kappa shape index (κ3) is 3.97. The highest BCUT2D eigenvalue weighted by atomic mass is 35.5. The van der Waals surface area contributed by atoms with Gasteiger partial charge >= 0.3 is 0 Å². The van der Waals surface area contributed by atoms with Gasteiger partial charge in [-0.25, -0.2) is 5.43 Å². The molecule has 2 aromatic rings. The number of rotatable bonds is 4. The van der Waals surface area contributed by atoms with E-state index in [4.69, 9.17) is 27.9 Å². The molecule has 6 heteroatoms. The topological polar surface area (TPSA) is 50.7 Å². The number of ether oxygens (including phenoxy) is 1. The number of carbonyl (C=O) groups is 1. The molecule has 1 N–H and O–H groups in total. The normalized spacial score (nSPS) is 10.6. The fourth-order valence-electron chi connectivity index (χ4n) is 1.66. The van der Waals surface area contributed by atoms with Crippen molar-refractivity contribution < 1.29 is 9.53 Å². The van der Waals surface area contributed by atoms with Gasteiger partial charge in [-0.2, -0.15) is 5.10 Å². The third-order valence-corrected chi connectivity index (χ3v) is 3.25. The van der Waals surface area contributed by atoms with Gasteiger partial charge in [0.1, 0.15) is 5.75 Å². The number of para-hydroxylation sites is 1. The van der Waals surface area contributed by atoms with Crippen LogP contribution >= 0.6 is 23.2 Å².